The van der Waals surface area contributed by atoms with Crippen LogP contribution in [0.25, 0.3) is 0 Å². The van der Waals surface area contributed by atoms with Crippen molar-refractivity contribution < 1.29 is 19.4 Å². The quantitative estimate of drug-likeness (QED) is 0.493. The van der Waals surface area contributed by atoms with Crippen LogP contribution in [0.1, 0.15) is 55.1 Å². The van der Waals surface area contributed by atoms with Crippen LogP contribution in [-0.4, -0.2) is 66.4 Å². The fourth-order valence-corrected chi connectivity index (χ4v) is 8.34. The highest BCUT2D eigenvalue weighted by atomic mass is 35.5. The molecule has 7 nitrogen and oxygen atoms in total. The van der Waals surface area contributed by atoms with E-state index in [1.807, 2.05) is 31.2 Å². The standard InChI is InChI=1S/C29H40ClN3O4S/c1-18(28(35)31-9-10-33-11-13-36-14-12-33)22-7-8-29(3)16-23-26(19(2)25(29)27(22)34)32-24(38-23)17-37-21-6-4-5-20(30)15-21/h4-6,15,18-19,22,25,27,34H,7-14,16-17H2,1-3H3,(H,31,35)/t18-,19-,22+,25+,27-,29-/m0/s1. The van der Waals surface area contributed by atoms with Gasteiger partial charge < -0.3 is 19.9 Å². The number of hydrogen-bond acceptors (Lipinski definition) is 7. The largest absolute Gasteiger partial charge is 0.486 e. The van der Waals surface area contributed by atoms with E-state index in [-0.39, 0.29) is 35.0 Å². The molecule has 1 aromatic heterocycles. The minimum atomic E-state index is -0.537. The molecule has 0 spiro atoms. The van der Waals surface area contributed by atoms with Gasteiger partial charge in [-0.05, 0) is 54.7 Å². The van der Waals surface area contributed by atoms with E-state index in [0.29, 0.717) is 18.2 Å². The van der Waals surface area contributed by atoms with Crippen molar-refractivity contribution in [3.63, 3.8) is 0 Å². The topological polar surface area (TPSA) is 83.9 Å². The number of amides is 1. The number of carbonyl (C=O) groups excluding carboxylic acids is 1. The molecular weight excluding hydrogens is 522 g/mol. The maximum Gasteiger partial charge on any atom is 0.223 e. The molecule has 0 radical (unpaired) electrons. The summed E-state index contributed by atoms with van der Waals surface area (Å²) in [6, 6.07) is 7.41. The molecule has 1 saturated heterocycles. The first-order chi connectivity index (χ1) is 18.2. The van der Waals surface area contributed by atoms with Gasteiger partial charge in [-0.2, -0.15) is 0 Å². The summed E-state index contributed by atoms with van der Waals surface area (Å²) >= 11 is 7.81. The Balaban J connectivity index is 1.22. The van der Waals surface area contributed by atoms with Gasteiger partial charge >= 0.3 is 0 Å². The predicted octanol–water partition coefficient (Wildman–Crippen LogP) is 4.51. The summed E-state index contributed by atoms with van der Waals surface area (Å²) in [7, 11) is 0. The van der Waals surface area contributed by atoms with Crippen molar-refractivity contribution in [2.24, 2.45) is 23.2 Å². The van der Waals surface area contributed by atoms with Gasteiger partial charge in [-0.15, -0.1) is 11.3 Å². The van der Waals surface area contributed by atoms with Gasteiger partial charge in [0, 0.05) is 47.9 Å². The first kappa shape index (κ1) is 27.8. The van der Waals surface area contributed by atoms with Crippen LogP contribution in [0.3, 0.4) is 0 Å². The lowest BCUT2D eigenvalue weighted by atomic mass is 9.53. The Morgan fingerprint density at radius 3 is 2.95 bits per heavy atom. The molecule has 1 aliphatic heterocycles. The molecule has 38 heavy (non-hydrogen) atoms. The Kier molecular flexibility index (Phi) is 8.65. The second-order valence-electron chi connectivity index (χ2n) is 11.5. The maximum atomic E-state index is 13.1. The Morgan fingerprint density at radius 2 is 2.18 bits per heavy atom. The highest BCUT2D eigenvalue weighted by Crippen LogP contribution is 2.57. The molecule has 1 aromatic carbocycles. The lowest BCUT2D eigenvalue weighted by molar-refractivity contribution is -0.134. The van der Waals surface area contributed by atoms with E-state index in [4.69, 9.17) is 26.1 Å². The van der Waals surface area contributed by atoms with Crippen LogP contribution in [0.4, 0.5) is 0 Å². The summed E-state index contributed by atoms with van der Waals surface area (Å²) in [6.45, 7) is 11.7. The van der Waals surface area contributed by atoms with Crippen molar-refractivity contribution in [1.29, 1.82) is 0 Å². The van der Waals surface area contributed by atoms with Crippen molar-refractivity contribution in [2.75, 3.05) is 39.4 Å². The number of morpholine rings is 1. The van der Waals surface area contributed by atoms with Crippen LogP contribution >= 0.6 is 22.9 Å². The van der Waals surface area contributed by atoms with Crippen LogP contribution in [0.15, 0.2) is 24.3 Å². The Morgan fingerprint density at radius 1 is 1.39 bits per heavy atom. The molecule has 0 unspecified atom stereocenters. The van der Waals surface area contributed by atoms with Crippen molar-refractivity contribution >= 4 is 28.8 Å². The van der Waals surface area contributed by atoms with E-state index in [9.17, 15) is 9.90 Å². The van der Waals surface area contributed by atoms with Crippen LogP contribution in [0.5, 0.6) is 5.75 Å². The third-order valence-corrected chi connectivity index (χ3v) is 10.3. The van der Waals surface area contributed by atoms with E-state index in [1.54, 1.807) is 11.3 Å². The lowest BCUT2D eigenvalue weighted by Crippen LogP contribution is -2.53. The molecule has 2 fully saturated rings. The van der Waals surface area contributed by atoms with Gasteiger partial charge in [0.1, 0.15) is 17.4 Å². The number of ether oxygens (including phenoxy) is 2. The normalized spacial score (nSPS) is 30.2. The summed E-state index contributed by atoms with van der Waals surface area (Å²) < 4.78 is 11.4. The molecule has 1 saturated carbocycles. The SMILES string of the molecule is C[C@H](C(=O)NCCN1CCOCC1)[C@H]1CC[C@@]2(C)Cc3sc(COc4cccc(Cl)c4)nc3[C@@H](C)[C@@H]2[C@H]1O. The van der Waals surface area contributed by atoms with E-state index in [2.05, 4.69) is 24.1 Å². The number of fused-ring (bicyclic) bond motifs is 2. The molecule has 3 aliphatic rings. The highest BCUT2D eigenvalue weighted by Gasteiger charge is 2.53. The van der Waals surface area contributed by atoms with Gasteiger partial charge in [0.2, 0.25) is 5.91 Å². The van der Waals surface area contributed by atoms with Gasteiger partial charge in [-0.1, -0.05) is 38.4 Å². The molecule has 2 aliphatic carbocycles. The molecule has 0 bridgehead atoms. The summed E-state index contributed by atoms with van der Waals surface area (Å²) in [6.07, 6.45) is 2.24. The fourth-order valence-electron chi connectivity index (χ4n) is 6.88. The van der Waals surface area contributed by atoms with Crippen molar-refractivity contribution in [2.45, 2.75) is 58.7 Å². The maximum absolute atomic E-state index is 13.1. The number of carbonyl (C=O) groups is 1. The number of aliphatic hydroxyl groups excluding tert-OH is 1. The molecule has 1 amide bonds. The molecule has 2 aromatic rings. The number of aromatic nitrogens is 1. The van der Waals surface area contributed by atoms with Crippen LogP contribution in [0.2, 0.25) is 5.02 Å². The minimum absolute atomic E-state index is 0.00746. The molecule has 2 heterocycles. The Hall–Kier alpha value is -1.71. The summed E-state index contributed by atoms with van der Waals surface area (Å²) in [5.74, 6) is 0.684. The molecule has 5 rings (SSSR count). The predicted molar refractivity (Wildman–Crippen MR) is 150 cm³/mol. The number of hydrogen-bond donors (Lipinski definition) is 2. The average Bonchev–Trinajstić information content (AvgIpc) is 3.30. The van der Waals surface area contributed by atoms with Gasteiger partial charge in [0.25, 0.3) is 0 Å². The smallest absolute Gasteiger partial charge is 0.223 e. The van der Waals surface area contributed by atoms with Crippen LogP contribution in [0, 0.1) is 23.2 Å². The van der Waals surface area contributed by atoms with Gasteiger partial charge in [-0.3, -0.25) is 9.69 Å². The van der Waals surface area contributed by atoms with Crippen molar-refractivity contribution in [3.8, 4) is 5.75 Å². The summed E-state index contributed by atoms with van der Waals surface area (Å²) in [5.41, 5.74) is 1.08. The summed E-state index contributed by atoms with van der Waals surface area (Å²) in [5, 5.41) is 16.4. The second kappa shape index (κ2) is 11.8. The monoisotopic (exact) mass is 561 g/mol. The zero-order chi connectivity index (χ0) is 26.9. The third kappa shape index (κ3) is 5.89. The Bertz CT molecular complexity index is 1120. The van der Waals surface area contributed by atoms with Crippen molar-refractivity contribution in [1.82, 2.24) is 15.2 Å². The molecule has 2 N–H and O–H groups in total. The molecule has 208 valence electrons. The van der Waals surface area contributed by atoms with E-state index in [1.165, 1.54) is 4.88 Å². The summed E-state index contributed by atoms with van der Waals surface area (Å²) in [4.78, 5) is 21.7. The van der Waals surface area contributed by atoms with E-state index >= 15 is 0 Å². The number of nitrogens with one attached hydrogen (secondary N) is 1. The number of thiazole rings is 1. The molecule has 9 heteroatoms. The van der Waals surface area contributed by atoms with Crippen molar-refractivity contribution in [3.05, 3.63) is 44.9 Å². The number of aliphatic hydroxyl groups is 1. The average molecular weight is 562 g/mol. The first-order valence-electron chi connectivity index (χ1n) is 13.9. The number of halogens is 1. The minimum Gasteiger partial charge on any atom is -0.486 e. The van der Waals surface area contributed by atoms with Crippen LogP contribution in [-0.2, 0) is 22.6 Å². The highest BCUT2D eigenvalue weighted by molar-refractivity contribution is 7.11. The fraction of sp³-hybridized carbons (Fsp3) is 0.655. The molecular formula is C29H40ClN3O4S. The van der Waals surface area contributed by atoms with Gasteiger partial charge in [0.15, 0.2) is 0 Å². The van der Waals surface area contributed by atoms with Gasteiger partial charge in [0.05, 0.1) is 25.0 Å². The zero-order valence-corrected chi connectivity index (χ0v) is 24.2. The third-order valence-electron chi connectivity index (χ3n) is 9.01. The molecule has 6 atom stereocenters. The number of rotatable bonds is 8. The van der Waals surface area contributed by atoms with E-state index < -0.39 is 6.10 Å². The number of benzene rings is 1. The van der Waals surface area contributed by atoms with E-state index in [0.717, 1.165) is 68.6 Å². The lowest BCUT2D eigenvalue weighted by Gasteiger charge is -2.53. The van der Waals surface area contributed by atoms with Gasteiger partial charge in [-0.25, -0.2) is 4.98 Å². The first-order valence-corrected chi connectivity index (χ1v) is 15.1. The second-order valence-corrected chi connectivity index (χ2v) is 13.1. The Labute approximate surface area is 234 Å². The number of nitrogens with zero attached hydrogens (tertiary/aromatic N) is 2. The van der Waals surface area contributed by atoms with Crippen LogP contribution < -0.4 is 10.1 Å². The zero-order valence-electron chi connectivity index (χ0n) is 22.6.